The van der Waals surface area contributed by atoms with E-state index in [4.69, 9.17) is 5.73 Å². The number of nitrogens with two attached hydrogens (primary N) is 1. The molecule has 0 radical (unpaired) electrons. The Morgan fingerprint density at radius 1 is 1.15 bits per heavy atom. The van der Waals surface area contributed by atoms with Crippen molar-refractivity contribution in [1.82, 2.24) is 4.90 Å². The van der Waals surface area contributed by atoms with Gasteiger partial charge in [0.1, 0.15) is 0 Å². The van der Waals surface area contributed by atoms with Crippen molar-refractivity contribution in [2.75, 3.05) is 13.6 Å². The molecule has 76 valence electrons. The van der Waals surface area contributed by atoms with Crippen molar-refractivity contribution in [1.29, 1.82) is 0 Å². The minimum atomic E-state index is 0.156. The summed E-state index contributed by atoms with van der Waals surface area (Å²) in [6.07, 6.45) is 9.27. The molecule has 2 rings (SSSR count). The zero-order chi connectivity index (χ0) is 9.31. The molecule has 2 fully saturated rings. The largest absolute Gasteiger partial charge is 0.324 e. The van der Waals surface area contributed by atoms with Crippen molar-refractivity contribution in [2.24, 2.45) is 5.73 Å². The van der Waals surface area contributed by atoms with Gasteiger partial charge in [0.2, 0.25) is 0 Å². The summed E-state index contributed by atoms with van der Waals surface area (Å²) >= 11 is 0. The Balaban J connectivity index is 2.03. The number of hydrogen-bond acceptors (Lipinski definition) is 2. The third-order valence-electron chi connectivity index (χ3n) is 3.97. The van der Waals surface area contributed by atoms with Crippen LogP contribution in [0.1, 0.15) is 44.9 Å². The third kappa shape index (κ3) is 1.75. The SMILES string of the molecule is CN1CCCC1C1(N)CCCCC1. The molecule has 0 aromatic rings. The van der Waals surface area contributed by atoms with Gasteiger partial charge in [0.25, 0.3) is 0 Å². The van der Waals surface area contributed by atoms with Gasteiger partial charge in [-0.1, -0.05) is 19.3 Å². The predicted molar refractivity (Wildman–Crippen MR) is 55.7 cm³/mol. The Morgan fingerprint density at radius 3 is 2.38 bits per heavy atom. The zero-order valence-corrected chi connectivity index (χ0v) is 8.76. The predicted octanol–water partition coefficient (Wildman–Crippen LogP) is 1.74. The lowest BCUT2D eigenvalue weighted by atomic mass is 9.76. The second kappa shape index (κ2) is 3.58. The van der Waals surface area contributed by atoms with Crippen molar-refractivity contribution >= 4 is 0 Å². The first-order valence-corrected chi connectivity index (χ1v) is 5.71. The average molecular weight is 182 g/mol. The van der Waals surface area contributed by atoms with Crippen LogP contribution in [0.15, 0.2) is 0 Å². The number of hydrogen-bond donors (Lipinski definition) is 1. The van der Waals surface area contributed by atoms with Gasteiger partial charge in [-0.25, -0.2) is 0 Å². The van der Waals surface area contributed by atoms with E-state index in [1.165, 1.54) is 51.5 Å². The molecule has 0 spiro atoms. The molecular weight excluding hydrogens is 160 g/mol. The zero-order valence-electron chi connectivity index (χ0n) is 8.76. The monoisotopic (exact) mass is 182 g/mol. The van der Waals surface area contributed by atoms with E-state index in [-0.39, 0.29) is 5.54 Å². The molecule has 1 unspecified atom stereocenters. The van der Waals surface area contributed by atoms with Gasteiger partial charge >= 0.3 is 0 Å². The van der Waals surface area contributed by atoms with E-state index in [1.807, 2.05) is 0 Å². The highest BCUT2D eigenvalue weighted by molar-refractivity contribution is 5.00. The highest BCUT2D eigenvalue weighted by Gasteiger charge is 2.40. The van der Waals surface area contributed by atoms with Crippen LogP contribution in [0.25, 0.3) is 0 Å². The molecule has 13 heavy (non-hydrogen) atoms. The summed E-state index contributed by atoms with van der Waals surface area (Å²) in [6.45, 7) is 1.25. The summed E-state index contributed by atoms with van der Waals surface area (Å²) in [5.41, 5.74) is 6.67. The van der Waals surface area contributed by atoms with Crippen LogP contribution < -0.4 is 5.73 Å². The summed E-state index contributed by atoms with van der Waals surface area (Å²) in [7, 11) is 2.24. The van der Waals surface area contributed by atoms with Gasteiger partial charge in [-0.15, -0.1) is 0 Å². The molecule has 1 aliphatic heterocycles. The Bertz CT molecular complexity index is 173. The Kier molecular flexibility index (Phi) is 2.61. The maximum Gasteiger partial charge on any atom is 0.0312 e. The van der Waals surface area contributed by atoms with Crippen molar-refractivity contribution in [3.05, 3.63) is 0 Å². The van der Waals surface area contributed by atoms with Crippen LogP contribution in [-0.2, 0) is 0 Å². The van der Waals surface area contributed by atoms with E-state index in [0.29, 0.717) is 6.04 Å². The molecule has 2 heteroatoms. The van der Waals surface area contributed by atoms with E-state index in [0.717, 1.165) is 0 Å². The van der Waals surface area contributed by atoms with Crippen molar-refractivity contribution < 1.29 is 0 Å². The van der Waals surface area contributed by atoms with Gasteiger partial charge in [-0.2, -0.15) is 0 Å². The fourth-order valence-electron chi connectivity index (χ4n) is 3.18. The fourth-order valence-corrected chi connectivity index (χ4v) is 3.18. The summed E-state index contributed by atoms with van der Waals surface area (Å²) in [4.78, 5) is 2.48. The van der Waals surface area contributed by atoms with Gasteiger partial charge in [0.15, 0.2) is 0 Å². The van der Waals surface area contributed by atoms with E-state index >= 15 is 0 Å². The molecule has 1 aliphatic carbocycles. The summed E-state index contributed by atoms with van der Waals surface area (Å²) in [5, 5.41) is 0. The summed E-state index contributed by atoms with van der Waals surface area (Å²) < 4.78 is 0. The van der Waals surface area contributed by atoms with E-state index in [2.05, 4.69) is 11.9 Å². The van der Waals surface area contributed by atoms with Gasteiger partial charge in [0.05, 0.1) is 0 Å². The number of rotatable bonds is 1. The normalized spacial score (nSPS) is 35.1. The van der Waals surface area contributed by atoms with Crippen molar-refractivity contribution in [3.63, 3.8) is 0 Å². The molecule has 0 amide bonds. The standard InChI is InChI=1S/C11H22N2/c1-13-9-5-6-10(13)11(12)7-3-2-4-8-11/h10H,2-9,12H2,1H3. The van der Waals surface area contributed by atoms with Gasteiger partial charge in [-0.05, 0) is 39.3 Å². The minimum absolute atomic E-state index is 0.156. The number of likely N-dealkylation sites (tertiary alicyclic amines) is 1. The average Bonchev–Trinajstić information content (AvgIpc) is 2.53. The molecule has 1 heterocycles. The lowest BCUT2D eigenvalue weighted by molar-refractivity contribution is 0.149. The molecule has 2 N–H and O–H groups in total. The highest BCUT2D eigenvalue weighted by atomic mass is 15.2. The Hall–Kier alpha value is -0.0800. The molecule has 2 nitrogen and oxygen atoms in total. The Labute approximate surface area is 81.5 Å². The van der Waals surface area contributed by atoms with E-state index < -0.39 is 0 Å². The van der Waals surface area contributed by atoms with Crippen LogP contribution in [0.3, 0.4) is 0 Å². The maximum atomic E-state index is 6.51. The highest BCUT2D eigenvalue weighted by Crippen LogP contribution is 2.35. The second-order valence-corrected chi connectivity index (χ2v) is 4.93. The topological polar surface area (TPSA) is 29.3 Å². The molecular formula is C11H22N2. The van der Waals surface area contributed by atoms with Crippen LogP contribution in [0.4, 0.5) is 0 Å². The van der Waals surface area contributed by atoms with Gasteiger partial charge < -0.3 is 10.6 Å². The Morgan fingerprint density at radius 2 is 1.85 bits per heavy atom. The lowest BCUT2D eigenvalue weighted by Gasteiger charge is -2.41. The molecule has 0 aromatic carbocycles. The fraction of sp³-hybridized carbons (Fsp3) is 1.00. The van der Waals surface area contributed by atoms with Gasteiger partial charge in [0, 0.05) is 11.6 Å². The molecule has 0 bridgehead atoms. The van der Waals surface area contributed by atoms with Crippen LogP contribution in [0.5, 0.6) is 0 Å². The van der Waals surface area contributed by atoms with Crippen LogP contribution in [0, 0.1) is 0 Å². The van der Waals surface area contributed by atoms with Crippen molar-refractivity contribution in [3.8, 4) is 0 Å². The molecule has 1 saturated carbocycles. The second-order valence-electron chi connectivity index (χ2n) is 4.93. The van der Waals surface area contributed by atoms with Crippen molar-refractivity contribution in [2.45, 2.75) is 56.5 Å². The van der Waals surface area contributed by atoms with E-state index in [9.17, 15) is 0 Å². The quantitative estimate of drug-likeness (QED) is 0.669. The molecule has 1 saturated heterocycles. The molecule has 1 atom stereocenters. The minimum Gasteiger partial charge on any atom is -0.324 e. The summed E-state index contributed by atoms with van der Waals surface area (Å²) in [6, 6.07) is 0.674. The first kappa shape index (κ1) is 9.47. The van der Waals surface area contributed by atoms with Crippen LogP contribution in [-0.4, -0.2) is 30.1 Å². The molecule has 2 aliphatic rings. The third-order valence-corrected chi connectivity index (χ3v) is 3.97. The maximum absolute atomic E-state index is 6.51. The first-order valence-electron chi connectivity index (χ1n) is 5.71. The summed E-state index contributed by atoms with van der Waals surface area (Å²) in [5.74, 6) is 0. The smallest absolute Gasteiger partial charge is 0.0312 e. The number of likely N-dealkylation sites (N-methyl/N-ethyl adjacent to an activating group) is 1. The van der Waals surface area contributed by atoms with Crippen LogP contribution >= 0.6 is 0 Å². The van der Waals surface area contributed by atoms with Gasteiger partial charge in [-0.3, -0.25) is 0 Å². The lowest BCUT2D eigenvalue weighted by Crippen LogP contribution is -2.56. The number of nitrogens with zero attached hydrogens (tertiary/aromatic N) is 1. The molecule has 0 aromatic heterocycles. The van der Waals surface area contributed by atoms with E-state index in [1.54, 1.807) is 0 Å². The first-order chi connectivity index (χ1) is 6.22. The van der Waals surface area contributed by atoms with Crippen LogP contribution in [0.2, 0.25) is 0 Å².